The summed E-state index contributed by atoms with van der Waals surface area (Å²) in [6.45, 7) is 3.33. The number of amides is 2. The number of anilines is 1. The van der Waals surface area contributed by atoms with Gasteiger partial charge < -0.3 is 15.7 Å². The van der Waals surface area contributed by atoms with Gasteiger partial charge in [-0.3, -0.25) is 4.68 Å². The highest BCUT2D eigenvalue weighted by atomic mass is 19.3. The molecule has 1 rings (SSSR count). The van der Waals surface area contributed by atoms with E-state index in [2.05, 4.69) is 15.7 Å². The van der Waals surface area contributed by atoms with Gasteiger partial charge in [0, 0.05) is 18.8 Å². The van der Waals surface area contributed by atoms with E-state index in [1.54, 1.807) is 0 Å². The quantitative estimate of drug-likeness (QED) is 0.715. The number of alkyl halides is 2. The molecule has 1 aromatic rings. The molecule has 0 radical (unpaired) electrons. The fourth-order valence-electron chi connectivity index (χ4n) is 1.72. The molecule has 20 heavy (non-hydrogen) atoms. The standard InChI is InChI=1S/C12H20F2N4O2/c1-8(2)10(3-4-19)17-12(20)16-9-5-15-18(6-9)7-11(13)14/h5-6,8,10-11,19H,3-4,7H2,1-2H3,(H2,16,17,20). The fraction of sp³-hybridized carbons (Fsp3) is 0.667. The number of nitrogens with one attached hydrogen (secondary N) is 2. The maximum Gasteiger partial charge on any atom is 0.319 e. The molecule has 3 N–H and O–H groups in total. The number of aliphatic hydroxyl groups excluding tert-OH is 1. The Morgan fingerprint density at radius 3 is 2.75 bits per heavy atom. The predicted molar refractivity (Wildman–Crippen MR) is 70.7 cm³/mol. The summed E-state index contributed by atoms with van der Waals surface area (Å²) in [5.41, 5.74) is 0.342. The molecule has 0 aromatic carbocycles. The topological polar surface area (TPSA) is 79.2 Å². The minimum atomic E-state index is -2.49. The van der Waals surface area contributed by atoms with E-state index >= 15 is 0 Å². The second-order valence-corrected chi connectivity index (χ2v) is 4.80. The Morgan fingerprint density at radius 1 is 1.50 bits per heavy atom. The molecule has 0 saturated carbocycles. The number of rotatable bonds is 7. The van der Waals surface area contributed by atoms with Gasteiger partial charge in [-0.05, 0) is 12.3 Å². The van der Waals surface area contributed by atoms with E-state index in [0.717, 1.165) is 4.68 Å². The molecule has 0 bridgehead atoms. The first kappa shape index (κ1) is 16.4. The van der Waals surface area contributed by atoms with Crippen LogP contribution in [0.1, 0.15) is 20.3 Å². The third-order valence-electron chi connectivity index (χ3n) is 2.78. The van der Waals surface area contributed by atoms with Gasteiger partial charge in [0.05, 0.1) is 11.9 Å². The maximum atomic E-state index is 12.2. The molecule has 0 aliphatic heterocycles. The predicted octanol–water partition coefficient (Wildman–Crippen LogP) is 1.68. The van der Waals surface area contributed by atoms with Crippen molar-refractivity contribution < 1.29 is 18.7 Å². The van der Waals surface area contributed by atoms with Gasteiger partial charge in [-0.1, -0.05) is 13.8 Å². The van der Waals surface area contributed by atoms with E-state index in [1.807, 2.05) is 13.8 Å². The molecule has 1 atom stereocenters. The van der Waals surface area contributed by atoms with Crippen molar-refractivity contribution in [2.24, 2.45) is 5.92 Å². The van der Waals surface area contributed by atoms with Crippen LogP contribution in [0.25, 0.3) is 0 Å². The van der Waals surface area contributed by atoms with E-state index in [-0.39, 0.29) is 18.6 Å². The van der Waals surface area contributed by atoms with Crippen molar-refractivity contribution in [3.63, 3.8) is 0 Å². The zero-order valence-electron chi connectivity index (χ0n) is 11.5. The second-order valence-electron chi connectivity index (χ2n) is 4.80. The highest BCUT2D eigenvalue weighted by Crippen LogP contribution is 2.09. The largest absolute Gasteiger partial charge is 0.396 e. The molecule has 1 aromatic heterocycles. The molecule has 114 valence electrons. The van der Waals surface area contributed by atoms with Crippen LogP contribution in [0.2, 0.25) is 0 Å². The average molecular weight is 290 g/mol. The van der Waals surface area contributed by atoms with Crippen molar-refractivity contribution in [3.05, 3.63) is 12.4 Å². The molecule has 0 aliphatic carbocycles. The highest BCUT2D eigenvalue weighted by molar-refractivity contribution is 5.89. The van der Waals surface area contributed by atoms with Gasteiger partial charge in [0.25, 0.3) is 6.43 Å². The van der Waals surface area contributed by atoms with Gasteiger partial charge in [0.15, 0.2) is 0 Å². The molecule has 2 amide bonds. The van der Waals surface area contributed by atoms with Crippen LogP contribution in [0.4, 0.5) is 19.3 Å². The van der Waals surface area contributed by atoms with Gasteiger partial charge in [-0.15, -0.1) is 0 Å². The summed E-state index contributed by atoms with van der Waals surface area (Å²) < 4.78 is 25.4. The Bertz CT molecular complexity index is 423. The molecular formula is C12H20F2N4O2. The SMILES string of the molecule is CC(C)C(CCO)NC(=O)Nc1cnn(CC(F)F)c1. The third-order valence-corrected chi connectivity index (χ3v) is 2.78. The van der Waals surface area contributed by atoms with Crippen LogP contribution in [0.5, 0.6) is 0 Å². The number of aromatic nitrogens is 2. The average Bonchev–Trinajstić information content (AvgIpc) is 2.74. The lowest BCUT2D eigenvalue weighted by Gasteiger charge is -2.21. The first-order valence-corrected chi connectivity index (χ1v) is 6.41. The second kappa shape index (κ2) is 7.78. The zero-order valence-corrected chi connectivity index (χ0v) is 11.5. The minimum Gasteiger partial charge on any atom is -0.396 e. The molecule has 0 spiro atoms. The summed E-state index contributed by atoms with van der Waals surface area (Å²) >= 11 is 0. The van der Waals surface area contributed by atoms with Crippen LogP contribution in [0, 0.1) is 5.92 Å². The molecular weight excluding hydrogens is 270 g/mol. The van der Waals surface area contributed by atoms with E-state index in [4.69, 9.17) is 5.11 Å². The lowest BCUT2D eigenvalue weighted by atomic mass is 10.0. The van der Waals surface area contributed by atoms with E-state index in [9.17, 15) is 13.6 Å². The molecule has 1 heterocycles. The number of urea groups is 1. The van der Waals surface area contributed by atoms with Gasteiger partial charge >= 0.3 is 6.03 Å². The van der Waals surface area contributed by atoms with Gasteiger partial charge in [0.2, 0.25) is 0 Å². The lowest BCUT2D eigenvalue weighted by molar-refractivity contribution is 0.122. The first-order valence-electron chi connectivity index (χ1n) is 6.41. The highest BCUT2D eigenvalue weighted by Gasteiger charge is 2.16. The summed E-state index contributed by atoms with van der Waals surface area (Å²) in [5, 5.41) is 17.9. The molecule has 0 fully saturated rings. The number of aliphatic hydroxyl groups is 1. The molecule has 6 nitrogen and oxygen atoms in total. The summed E-state index contributed by atoms with van der Waals surface area (Å²) in [6, 6.07) is -0.607. The van der Waals surface area contributed by atoms with Gasteiger partial charge in [-0.25, -0.2) is 13.6 Å². The molecule has 0 saturated heterocycles. The Morgan fingerprint density at radius 2 is 2.20 bits per heavy atom. The number of hydrogen-bond donors (Lipinski definition) is 3. The van der Waals surface area contributed by atoms with Crippen molar-refractivity contribution in [3.8, 4) is 0 Å². The van der Waals surface area contributed by atoms with Crippen molar-refractivity contribution >= 4 is 11.7 Å². The Hall–Kier alpha value is -1.70. The van der Waals surface area contributed by atoms with Crippen LogP contribution in [-0.4, -0.2) is 40.0 Å². The maximum absolute atomic E-state index is 12.2. The van der Waals surface area contributed by atoms with Crippen LogP contribution in [0.3, 0.4) is 0 Å². The fourth-order valence-corrected chi connectivity index (χ4v) is 1.72. The van der Waals surface area contributed by atoms with Crippen LogP contribution < -0.4 is 10.6 Å². The Labute approximate surface area is 116 Å². The molecule has 1 unspecified atom stereocenters. The van der Waals surface area contributed by atoms with E-state index in [0.29, 0.717) is 12.1 Å². The van der Waals surface area contributed by atoms with Crippen LogP contribution in [0.15, 0.2) is 12.4 Å². The summed E-state index contributed by atoms with van der Waals surface area (Å²) in [4.78, 5) is 11.7. The number of nitrogens with zero attached hydrogens (tertiary/aromatic N) is 2. The Kier molecular flexibility index (Phi) is 6.37. The zero-order chi connectivity index (χ0) is 15.1. The molecule has 0 aliphatic rings. The van der Waals surface area contributed by atoms with Gasteiger partial charge in [-0.2, -0.15) is 5.10 Å². The Balaban J connectivity index is 2.50. The van der Waals surface area contributed by atoms with E-state index < -0.39 is 19.0 Å². The summed E-state index contributed by atoms with van der Waals surface area (Å²) in [6.07, 6.45) is 0.600. The van der Waals surface area contributed by atoms with Gasteiger partial charge in [0.1, 0.15) is 6.54 Å². The van der Waals surface area contributed by atoms with Crippen molar-refractivity contribution in [1.29, 1.82) is 0 Å². The summed E-state index contributed by atoms with van der Waals surface area (Å²) in [5.74, 6) is 0.175. The van der Waals surface area contributed by atoms with Crippen LogP contribution in [-0.2, 0) is 6.54 Å². The first-order chi connectivity index (χ1) is 9.42. The number of hydrogen-bond acceptors (Lipinski definition) is 3. The smallest absolute Gasteiger partial charge is 0.319 e. The van der Waals surface area contributed by atoms with Crippen LogP contribution >= 0.6 is 0 Å². The normalized spacial score (nSPS) is 12.8. The minimum absolute atomic E-state index is 0.0184. The number of carbonyl (C=O) groups excluding carboxylic acids is 1. The number of halogens is 2. The van der Waals surface area contributed by atoms with E-state index in [1.165, 1.54) is 12.4 Å². The third kappa shape index (κ3) is 5.52. The van der Waals surface area contributed by atoms with Crippen molar-refractivity contribution in [2.75, 3.05) is 11.9 Å². The monoisotopic (exact) mass is 290 g/mol. The van der Waals surface area contributed by atoms with Crippen molar-refractivity contribution in [1.82, 2.24) is 15.1 Å². The van der Waals surface area contributed by atoms with Crippen molar-refractivity contribution in [2.45, 2.75) is 39.3 Å². The summed E-state index contributed by atoms with van der Waals surface area (Å²) in [7, 11) is 0. The number of carbonyl (C=O) groups is 1. The lowest BCUT2D eigenvalue weighted by Crippen LogP contribution is -2.41. The molecule has 8 heteroatoms.